The first-order valence-corrected chi connectivity index (χ1v) is 7.73. The molecule has 2 amide bonds. The highest BCUT2D eigenvalue weighted by Crippen LogP contribution is 2.18. The first-order valence-electron chi connectivity index (χ1n) is 7.73. The van der Waals surface area contributed by atoms with Gasteiger partial charge in [0.05, 0.1) is 5.56 Å². The van der Waals surface area contributed by atoms with Gasteiger partial charge in [-0.25, -0.2) is 0 Å². The van der Waals surface area contributed by atoms with Crippen molar-refractivity contribution in [1.82, 2.24) is 10.2 Å². The standard InChI is InChI=1S/C19H22N2O3/c1-14-8-4-5-9-15(14)12-20-19(23)16-10-6-7-11-17(16)24-13-18(22)21(2)3/h4-11H,12-13H2,1-3H3,(H,20,23). The number of carbonyl (C=O) groups is 2. The Bertz CT molecular complexity index is 726. The predicted octanol–water partition coefficient (Wildman–Crippen LogP) is 2.39. The van der Waals surface area contributed by atoms with E-state index in [0.29, 0.717) is 17.9 Å². The van der Waals surface area contributed by atoms with Crippen molar-refractivity contribution < 1.29 is 14.3 Å². The first-order chi connectivity index (χ1) is 11.5. The Labute approximate surface area is 142 Å². The van der Waals surface area contributed by atoms with E-state index in [2.05, 4.69) is 5.32 Å². The summed E-state index contributed by atoms with van der Waals surface area (Å²) in [5.74, 6) is 0.00580. The zero-order valence-corrected chi connectivity index (χ0v) is 14.2. The average Bonchev–Trinajstić information content (AvgIpc) is 2.58. The van der Waals surface area contributed by atoms with Crippen LogP contribution in [0.1, 0.15) is 21.5 Å². The van der Waals surface area contributed by atoms with Crippen molar-refractivity contribution in [3.63, 3.8) is 0 Å². The summed E-state index contributed by atoms with van der Waals surface area (Å²) in [4.78, 5) is 25.5. The van der Waals surface area contributed by atoms with E-state index in [9.17, 15) is 9.59 Å². The summed E-state index contributed by atoms with van der Waals surface area (Å²) in [6.45, 7) is 2.34. The summed E-state index contributed by atoms with van der Waals surface area (Å²) in [6, 6.07) is 14.8. The number of carbonyl (C=O) groups excluding carboxylic acids is 2. The molecule has 5 nitrogen and oxygen atoms in total. The maximum absolute atomic E-state index is 12.4. The second-order valence-electron chi connectivity index (χ2n) is 5.68. The molecule has 2 aromatic rings. The molecule has 5 heteroatoms. The number of hydrogen-bond donors (Lipinski definition) is 1. The van der Waals surface area contributed by atoms with Crippen LogP contribution >= 0.6 is 0 Å². The number of benzene rings is 2. The lowest BCUT2D eigenvalue weighted by Gasteiger charge is -2.14. The molecule has 0 aliphatic heterocycles. The van der Waals surface area contributed by atoms with Crippen LogP contribution in [-0.4, -0.2) is 37.4 Å². The van der Waals surface area contributed by atoms with E-state index in [4.69, 9.17) is 4.74 Å². The first kappa shape index (κ1) is 17.5. The summed E-state index contributed by atoms with van der Waals surface area (Å²) in [6.07, 6.45) is 0. The van der Waals surface area contributed by atoms with E-state index in [-0.39, 0.29) is 18.4 Å². The van der Waals surface area contributed by atoms with Crippen LogP contribution in [0.3, 0.4) is 0 Å². The lowest BCUT2D eigenvalue weighted by atomic mass is 10.1. The molecular formula is C19H22N2O3. The molecular weight excluding hydrogens is 304 g/mol. The number of ether oxygens (including phenoxy) is 1. The Balaban J connectivity index is 2.04. The molecule has 2 aromatic carbocycles. The predicted molar refractivity (Wildman–Crippen MR) is 93.0 cm³/mol. The zero-order chi connectivity index (χ0) is 17.5. The van der Waals surface area contributed by atoms with Gasteiger partial charge in [0.2, 0.25) is 0 Å². The molecule has 1 N–H and O–H groups in total. The van der Waals surface area contributed by atoms with Crippen LogP contribution in [0.25, 0.3) is 0 Å². The number of nitrogens with one attached hydrogen (secondary N) is 1. The Morgan fingerprint density at radius 3 is 2.42 bits per heavy atom. The number of hydrogen-bond acceptors (Lipinski definition) is 3. The number of rotatable bonds is 6. The molecule has 0 bridgehead atoms. The molecule has 24 heavy (non-hydrogen) atoms. The van der Waals surface area contributed by atoms with Gasteiger partial charge in [0, 0.05) is 20.6 Å². The van der Waals surface area contributed by atoms with Gasteiger partial charge in [-0.3, -0.25) is 9.59 Å². The van der Waals surface area contributed by atoms with Crippen molar-refractivity contribution in [2.24, 2.45) is 0 Å². The summed E-state index contributed by atoms with van der Waals surface area (Å²) in [5, 5.41) is 2.89. The fourth-order valence-corrected chi connectivity index (χ4v) is 2.13. The number of aryl methyl sites for hydroxylation is 1. The third-order valence-electron chi connectivity index (χ3n) is 3.68. The highest BCUT2D eigenvalue weighted by atomic mass is 16.5. The molecule has 2 rings (SSSR count). The topological polar surface area (TPSA) is 58.6 Å². The van der Waals surface area contributed by atoms with E-state index in [1.807, 2.05) is 31.2 Å². The Morgan fingerprint density at radius 2 is 1.71 bits per heavy atom. The van der Waals surface area contributed by atoms with Crippen LogP contribution in [-0.2, 0) is 11.3 Å². The van der Waals surface area contributed by atoms with Gasteiger partial charge in [-0.1, -0.05) is 36.4 Å². The molecule has 0 unspecified atom stereocenters. The monoisotopic (exact) mass is 326 g/mol. The molecule has 0 saturated heterocycles. The maximum Gasteiger partial charge on any atom is 0.259 e. The minimum atomic E-state index is -0.230. The largest absolute Gasteiger partial charge is 0.483 e. The van der Waals surface area contributed by atoms with E-state index < -0.39 is 0 Å². The van der Waals surface area contributed by atoms with Crippen LogP contribution < -0.4 is 10.1 Å². The van der Waals surface area contributed by atoms with Gasteiger partial charge in [0.1, 0.15) is 5.75 Å². The average molecular weight is 326 g/mol. The minimum Gasteiger partial charge on any atom is -0.483 e. The fourth-order valence-electron chi connectivity index (χ4n) is 2.13. The Kier molecular flexibility index (Phi) is 5.95. The molecule has 0 saturated carbocycles. The van der Waals surface area contributed by atoms with Crippen molar-refractivity contribution in [2.45, 2.75) is 13.5 Å². The lowest BCUT2D eigenvalue weighted by Crippen LogP contribution is -2.28. The maximum atomic E-state index is 12.4. The van der Waals surface area contributed by atoms with Crippen LogP contribution in [0.15, 0.2) is 48.5 Å². The number of likely N-dealkylation sites (N-methyl/N-ethyl adjacent to an activating group) is 1. The third-order valence-corrected chi connectivity index (χ3v) is 3.68. The molecule has 0 radical (unpaired) electrons. The summed E-state index contributed by atoms with van der Waals surface area (Å²) < 4.78 is 5.51. The molecule has 0 aliphatic carbocycles. The Hall–Kier alpha value is -2.82. The van der Waals surface area contributed by atoms with Gasteiger partial charge < -0.3 is 15.0 Å². The van der Waals surface area contributed by atoms with E-state index >= 15 is 0 Å². The Morgan fingerprint density at radius 1 is 1.04 bits per heavy atom. The van der Waals surface area contributed by atoms with Gasteiger partial charge in [-0.15, -0.1) is 0 Å². The van der Waals surface area contributed by atoms with E-state index in [1.165, 1.54) is 4.90 Å². The molecule has 0 heterocycles. The van der Waals surface area contributed by atoms with Crippen LogP contribution in [0.2, 0.25) is 0 Å². The third kappa shape index (κ3) is 4.59. The lowest BCUT2D eigenvalue weighted by molar-refractivity contribution is -0.130. The van der Waals surface area contributed by atoms with Crippen molar-refractivity contribution in [3.8, 4) is 5.75 Å². The number of nitrogens with zero attached hydrogens (tertiary/aromatic N) is 1. The molecule has 0 spiro atoms. The SMILES string of the molecule is Cc1ccccc1CNC(=O)c1ccccc1OCC(=O)N(C)C. The van der Waals surface area contributed by atoms with Crippen molar-refractivity contribution in [2.75, 3.05) is 20.7 Å². The van der Waals surface area contributed by atoms with E-state index in [0.717, 1.165) is 11.1 Å². The molecule has 126 valence electrons. The normalized spacial score (nSPS) is 10.1. The minimum absolute atomic E-state index is 0.102. The molecule has 0 aromatic heterocycles. The summed E-state index contributed by atoms with van der Waals surface area (Å²) in [5.41, 5.74) is 2.60. The zero-order valence-electron chi connectivity index (χ0n) is 14.2. The molecule has 0 atom stereocenters. The van der Waals surface area contributed by atoms with E-state index in [1.54, 1.807) is 38.4 Å². The highest BCUT2D eigenvalue weighted by molar-refractivity contribution is 5.97. The number of amides is 2. The van der Waals surface area contributed by atoms with Crippen molar-refractivity contribution in [3.05, 3.63) is 65.2 Å². The van der Waals surface area contributed by atoms with Gasteiger partial charge in [0.15, 0.2) is 6.61 Å². The summed E-state index contributed by atoms with van der Waals surface area (Å²) in [7, 11) is 3.32. The van der Waals surface area contributed by atoms with Gasteiger partial charge in [-0.05, 0) is 30.2 Å². The second kappa shape index (κ2) is 8.15. The van der Waals surface area contributed by atoms with Crippen molar-refractivity contribution in [1.29, 1.82) is 0 Å². The van der Waals surface area contributed by atoms with Crippen LogP contribution in [0, 0.1) is 6.92 Å². The molecule has 0 fully saturated rings. The van der Waals surface area contributed by atoms with Gasteiger partial charge >= 0.3 is 0 Å². The van der Waals surface area contributed by atoms with Gasteiger partial charge in [-0.2, -0.15) is 0 Å². The van der Waals surface area contributed by atoms with Crippen LogP contribution in [0.5, 0.6) is 5.75 Å². The molecule has 0 aliphatic rings. The fraction of sp³-hybridized carbons (Fsp3) is 0.263. The number of para-hydroxylation sites is 1. The summed E-state index contributed by atoms with van der Waals surface area (Å²) >= 11 is 0. The smallest absolute Gasteiger partial charge is 0.259 e. The highest BCUT2D eigenvalue weighted by Gasteiger charge is 2.14. The van der Waals surface area contributed by atoms with Crippen LogP contribution in [0.4, 0.5) is 0 Å². The second-order valence-corrected chi connectivity index (χ2v) is 5.68. The van der Waals surface area contributed by atoms with Gasteiger partial charge in [0.25, 0.3) is 11.8 Å². The van der Waals surface area contributed by atoms with Crippen molar-refractivity contribution >= 4 is 11.8 Å². The quantitative estimate of drug-likeness (QED) is 0.887.